The number of nitrogens with one attached hydrogen (secondary N) is 1. The Bertz CT molecular complexity index is 1150. The van der Waals surface area contributed by atoms with Crippen molar-refractivity contribution in [3.8, 4) is 0 Å². The number of amides is 3. The number of aliphatic imine (C=N–C) groups is 1. The first-order chi connectivity index (χ1) is 16.7. The summed E-state index contributed by atoms with van der Waals surface area (Å²) in [5.74, 6) is -0.252. The first kappa shape index (κ1) is 27.1. The number of carbonyl (C=O) groups is 2. The van der Waals surface area contributed by atoms with Crippen molar-refractivity contribution < 1.29 is 9.59 Å². The van der Waals surface area contributed by atoms with E-state index in [4.69, 9.17) is 46.3 Å². The molecule has 3 aliphatic rings. The zero-order valence-electron chi connectivity index (χ0n) is 21.0. The predicted octanol–water partition coefficient (Wildman–Crippen LogP) is 4.97. The zero-order valence-corrected chi connectivity index (χ0v) is 23.2. The third-order valence-electron chi connectivity index (χ3n) is 7.48. The molecule has 196 valence electrons. The molecule has 3 unspecified atom stereocenters. The molecule has 2 aliphatic carbocycles. The minimum Gasteiger partial charge on any atom is -0.398 e. The van der Waals surface area contributed by atoms with E-state index in [0.717, 1.165) is 32.1 Å². The summed E-state index contributed by atoms with van der Waals surface area (Å²) in [5, 5.41) is 3.94. The van der Waals surface area contributed by atoms with E-state index in [-0.39, 0.29) is 34.1 Å². The molecule has 0 radical (unpaired) electrons. The highest BCUT2D eigenvalue weighted by atomic mass is 35.5. The fourth-order valence-corrected chi connectivity index (χ4v) is 7.85. The number of alkyl halides is 1. The van der Waals surface area contributed by atoms with Gasteiger partial charge in [-0.25, -0.2) is 4.79 Å². The lowest BCUT2D eigenvalue weighted by Crippen LogP contribution is -2.60. The van der Waals surface area contributed by atoms with Gasteiger partial charge in [-0.15, -0.1) is 11.6 Å². The van der Waals surface area contributed by atoms with Crippen molar-refractivity contribution in [2.75, 3.05) is 19.6 Å². The van der Waals surface area contributed by atoms with Gasteiger partial charge in [0.2, 0.25) is 0 Å². The lowest BCUT2D eigenvalue weighted by molar-refractivity contribution is -0.114. The van der Waals surface area contributed by atoms with Crippen LogP contribution in [0.3, 0.4) is 0 Å². The molecule has 0 spiro atoms. The molecule has 3 amide bonds. The molecule has 7 nitrogen and oxygen atoms in total. The fraction of sp³-hybridized carbons (Fsp3) is 0.577. The summed E-state index contributed by atoms with van der Waals surface area (Å²) in [4.78, 5) is 31.6. The number of nitrogens with zero attached hydrogens (tertiary/aromatic N) is 2. The SMILES string of the molecule is CC1(C)CC2CC(Cl)(C1)CC(C)(NC(=O)N1CCN=C(C(C(N)=O)=C(N)c3ccc(Cl)c(Cl)c3)C1)C2. The molecule has 1 heterocycles. The Kier molecular flexibility index (Phi) is 7.32. The average molecular weight is 555 g/mol. The van der Waals surface area contributed by atoms with Crippen LogP contribution in [0, 0.1) is 11.3 Å². The first-order valence-corrected chi connectivity index (χ1v) is 13.4. The topological polar surface area (TPSA) is 114 Å². The molecule has 4 rings (SSSR count). The first-order valence-electron chi connectivity index (χ1n) is 12.2. The number of primary amides is 1. The van der Waals surface area contributed by atoms with E-state index in [1.165, 1.54) is 0 Å². The minimum absolute atomic E-state index is 0.0752. The van der Waals surface area contributed by atoms with Crippen molar-refractivity contribution in [1.29, 1.82) is 0 Å². The molecule has 2 fully saturated rings. The normalized spacial score (nSPS) is 30.2. The predicted molar refractivity (Wildman–Crippen MR) is 147 cm³/mol. The van der Waals surface area contributed by atoms with Crippen LogP contribution in [0.4, 0.5) is 4.79 Å². The number of halogens is 3. The van der Waals surface area contributed by atoms with Crippen molar-refractivity contribution in [3.05, 3.63) is 39.4 Å². The van der Waals surface area contributed by atoms with E-state index in [2.05, 4.69) is 31.1 Å². The molecule has 0 aromatic heterocycles. The molecule has 1 aromatic carbocycles. The molecule has 2 saturated carbocycles. The van der Waals surface area contributed by atoms with Gasteiger partial charge in [-0.3, -0.25) is 9.79 Å². The molecule has 1 aliphatic heterocycles. The Morgan fingerprint density at radius 3 is 2.44 bits per heavy atom. The summed E-state index contributed by atoms with van der Waals surface area (Å²) in [6.45, 7) is 7.51. The van der Waals surface area contributed by atoms with E-state index in [1.807, 2.05) is 0 Å². The van der Waals surface area contributed by atoms with Gasteiger partial charge in [-0.2, -0.15) is 0 Å². The number of rotatable bonds is 4. The molecule has 5 N–H and O–H groups in total. The number of hydrogen-bond donors (Lipinski definition) is 3. The highest BCUT2D eigenvalue weighted by molar-refractivity contribution is 6.42. The molecule has 1 aromatic rings. The monoisotopic (exact) mass is 553 g/mol. The average Bonchev–Trinajstić information content (AvgIpc) is 2.72. The lowest BCUT2D eigenvalue weighted by Gasteiger charge is -2.54. The summed E-state index contributed by atoms with van der Waals surface area (Å²) in [7, 11) is 0. The van der Waals surface area contributed by atoms with Gasteiger partial charge in [0.1, 0.15) is 0 Å². The third-order valence-corrected chi connectivity index (χ3v) is 8.64. The standard InChI is InChI=1S/C26H34Cl3N5O2/c1-24(2)9-15-10-25(3,14-26(29,11-15)13-24)33-23(36)34-7-6-32-19(12-34)20(22(31)35)21(30)16-4-5-17(27)18(28)8-16/h4-5,8,15H,6-7,9-14,30H2,1-3H3,(H2,31,35)(H,33,36). The third kappa shape index (κ3) is 5.79. The van der Waals surface area contributed by atoms with Crippen LogP contribution in [0.5, 0.6) is 0 Å². The van der Waals surface area contributed by atoms with Crippen LogP contribution in [-0.2, 0) is 4.79 Å². The molecular formula is C26H34Cl3N5O2. The molecule has 2 bridgehead atoms. The minimum atomic E-state index is -0.724. The van der Waals surface area contributed by atoms with Crippen molar-refractivity contribution in [2.45, 2.75) is 63.3 Å². The van der Waals surface area contributed by atoms with Gasteiger partial charge >= 0.3 is 6.03 Å². The lowest BCUT2D eigenvalue weighted by atomic mass is 9.58. The Labute approximate surface area is 227 Å². The van der Waals surface area contributed by atoms with Gasteiger partial charge in [0.05, 0.1) is 40.1 Å². The molecule has 36 heavy (non-hydrogen) atoms. The summed E-state index contributed by atoms with van der Waals surface area (Å²) in [6.07, 6.45) is 4.64. The van der Waals surface area contributed by atoms with Gasteiger partial charge < -0.3 is 21.7 Å². The quantitative estimate of drug-likeness (QED) is 0.360. The van der Waals surface area contributed by atoms with Crippen LogP contribution >= 0.6 is 34.8 Å². The van der Waals surface area contributed by atoms with Crippen LogP contribution in [-0.4, -0.2) is 52.6 Å². The van der Waals surface area contributed by atoms with Gasteiger partial charge in [0, 0.05) is 17.0 Å². The smallest absolute Gasteiger partial charge is 0.318 e. The van der Waals surface area contributed by atoms with Crippen LogP contribution in [0.1, 0.15) is 58.4 Å². The van der Waals surface area contributed by atoms with Gasteiger partial charge in [-0.05, 0) is 68.1 Å². The Morgan fingerprint density at radius 2 is 1.81 bits per heavy atom. The largest absolute Gasteiger partial charge is 0.398 e. The highest BCUT2D eigenvalue weighted by Gasteiger charge is 2.52. The number of benzene rings is 1. The van der Waals surface area contributed by atoms with Gasteiger partial charge in [-0.1, -0.05) is 43.1 Å². The molecule has 10 heteroatoms. The number of hydrogen-bond acceptors (Lipinski definition) is 4. The summed E-state index contributed by atoms with van der Waals surface area (Å²) in [6, 6.07) is 4.61. The second-order valence-corrected chi connectivity index (χ2v) is 13.3. The number of fused-ring (bicyclic) bond motifs is 2. The van der Waals surface area contributed by atoms with Crippen molar-refractivity contribution >= 4 is 58.1 Å². The van der Waals surface area contributed by atoms with Crippen LogP contribution < -0.4 is 16.8 Å². The molecule has 0 saturated heterocycles. The molecule has 3 atom stereocenters. The zero-order chi connectivity index (χ0) is 26.5. The van der Waals surface area contributed by atoms with E-state index in [1.54, 1.807) is 23.1 Å². The highest BCUT2D eigenvalue weighted by Crippen LogP contribution is 2.56. The Balaban J connectivity index is 1.51. The maximum absolute atomic E-state index is 13.4. The Hall–Kier alpha value is -1.96. The van der Waals surface area contributed by atoms with E-state index < -0.39 is 11.4 Å². The maximum atomic E-state index is 13.4. The summed E-state index contributed by atoms with van der Waals surface area (Å²) >= 11 is 19.2. The van der Waals surface area contributed by atoms with Crippen LogP contribution in [0.15, 0.2) is 28.8 Å². The van der Waals surface area contributed by atoms with E-state index >= 15 is 0 Å². The van der Waals surface area contributed by atoms with Gasteiger partial charge in [0.25, 0.3) is 5.91 Å². The number of nitrogens with two attached hydrogens (primary N) is 2. The second kappa shape index (κ2) is 9.73. The fourth-order valence-electron chi connectivity index (χ4n) is 6.68. The summed E-state index contributed by atoms with van der Waals surface area (Å²) < 4.78 is 0. The van der Waals surface area contributed by atoms with Crippen LogP contribution in [0.25, 0.3) is 5.70 Å². The van der Waals surface area contributed by atoms with Gasteiger partial charge in [0.15, 0.2) is 0 Å². The van der Waals surface area contributed by atoms with Crippen molar-refractivity contribution in [3.63, 3.8) is 0 Å². The Morgan fingerprint density at radius 1 is 1.08 bits per heavy atom. The van der Waals surface area contributed by atoms with Crippen LogP contribution in [0.2, 0.25) is 10.0 Å². The van der Waals surface area contributed by atoms with E-state index in [9.17, 15) is 9.59 Å². The molecular weight excluding hydrogens is 521 g/mol. The van der Waals surface area contributed by atoms with E-state index in [0.29, 0.717) is 40.3 Å². The second-order valence-electron chi connectivity index (χ2n) is 11.7. The number of urea groups is 1. The van der Waals surface area contributed by atoms with Crippen molar-refractivity contribution in [1.82, 2.24) is 10.2 Å². The summed E-state index contributed by atoms with van der Waals surface area (Å²) in [5.41, 5.74) is 12.9. The number of carbonyl (C=O) groups excluding carboxylic acids is 2. The van der Waals surface area contributed by atoms with Crippen molar-refractivity contribution in [2.24, 2.45) is 27.8 Å². The maximum Gasteiger partial charge on any atom is 0.318 e.